The van der Waals surface area contributed by atoms with Gasteiger partial charge in [-0.05, 0) is 19.1 Å². The van der Waals surface area contributed by atoms with E-state index in [2.05, 4.69) is 5.32 Å². The summed E-state index contributed by atoms with van der Waals surface area (Å²) in [6.07, 6.45) is 0. The second-order valence-corrected chi connectivity index (χ2v) is 4.22. The predicted octanol–water partition coefficient (Wildman–Crippen LogP) is 1.25. The first-order chi connectivity index (χ1) is 5.97. The zero-order valence-electron chi connectivity index (χ0n) is 7.19. The quantitative estimate of drug-likeness (QED) is 0.722. The SMILES string of the molecule is Cc1ccc(NCS(=O)(=O)O)cc1. The number of aryl methyl sites for hydroxylation is 1. The minimum absolute atomic E-state index is 0.462. The minimum atomic E-state index is -3.94. The highest BCUT2D eigenvalue weighted by Crippen LogP contribution is 2.08. The lowest BCUT2D eigenvalue weighted by atomic mass is 10.2. The van der Waals surface area contributed by atoms with Crippen LogP contribution in [0, 0.1) is 6.92 Å². The smallest absolute Gasteiger partial charge is 0.283 e. The Morgan fingerprint density at radius 3 is 2.31 bits per heavy atom. The highest BCUT2D eigenvalue weighted by atomic mass is 32.2. The molecule has 0 heterocycles. The van der Waals surface area contributed by atoms with Gasteiger partial charge in [-0.3, -0.25) is 4.55 Å². The summed E-state index contributed by atoms with van der Waals surface area (Å²) >= 11 is 0. The Labute approximate surface area is 77.3 Å². The van der Waals surface area contributed by atoms with E-state index in [0.29, 0.717) is 5.69 Å². The molecule has 0 aliphatic heterocycles. The van der Waals surface area contributed by atoms with E-state index >= 15 is 0 Å². The maximum Gasteiger partial charge on any atom is 0.283 e. The maximum absolute atomic E-state index is 10.4. The van der Waals surface area contributed by atoms with E-state index in [1.807, 2.05) is 19.1 Å². The Hall–Kier alpha value is -1.07. The molecule has 2 N–H and O–H groups in total. The van der Waals surface area contributed by atoms with Crippen molar-refractivity contribution < 1.29 is 13.0 Å². The lowest BCUT2D eigenvalue weighted by Crippen LogP contribution is -2.12. The average molecular weight is 201 g/mol. The molecule has 0 radical (unpaired) electrons. The van der Waals surface area contributed by atoms with Gasteiger partial charge in [0.2, 0.25) is 0 Å². The number of rotatable bonds is 3. The third-order valence-corrected chi connectivity index (χ3v) is 2.02. The minimum Gasteiger partial charge on any atom is -0.370 e. The highest BCUT2D eigenvalue weighted by molar-refractivity contribution is 7.85. The molecule has 1 aromatic carbocycles. The van der Waals surface area contributed by atoms with Gasteiger partial charge in [0.1, 0.15) is 5.88 Å². The first-order valence-electron chi connectivity index (χ1n) is 3.73. The van der Waals surface area contributed by atoms with Crippen LogP contribution in [-0.2, 0) is 10.1 Å². The van der Waals surface area contributed by atoms with Gasteiger partial charge in [-0.15, -0.1) is 0 Å². The summed E-state index contributed by atoms with van der Waals surface area (Å²) in [4.78, 5) is 0. The molecule has 0 aliphatic carbocycles. The van der Waals surface area contributed by atoms with Gasteiger partial charge in [-0.2, -0.15) is 8.42 Å². The summed E-state index contributed by atoms with van der Waals surface area (Å²) in [7, 11) is -3.94. The van der Waals surface area contributed by atoms with Crippen LogP contribution >= 0.6 is 0 Å². The largest absolute Gasteiger partial charge is 0.370 e. The van der Waals surface area contributed by atoms with Crippen LogP contribution in [0.2, 0.25) is 0 Å². The van der Waals surface area contributed by atoms with Crippen molar-refractivity contribution in [1.82, 2.24) is 0 Å². The van der Waals surface area contributed by atoms with Crippen molar-refractivity contribution in [2.24, 2.45) is 0 Å². The van der Waals surface area contributed by atoms with Crippen LogP contribution in [0.15, 0.2) is 24.3 Å². The van der Waals surface area contributed by atoms with E-state index in [-0.39, 0.29) is 0 Å². The van der Waals surface area contributed by atoms with Crippen LogP contribution in [0.25, 0.3) is 0 Å². The molecule has 0 saturated carbocycles. The van der Waals surface area contributed by atoms with Gasteiger partial charge in [-0.1, -0.05) is 17.7 Å². The molecule has 1 rings (SSSR count). The molecule has 1 aromatic rings. The average Bonchev–Trinajstić information content (AvgIpc) is 2.02. The van der Waals surface area contributed by atoms with Crippen LogP contribution < -0.4 is 5.32 Å². The second-order valence-electron chi connectivity index (χ2n) is 2.77. The van der Waals surface area contributed by atoms with Crippen LogP contribution in [-0.4, -0.2) is 18.8 Å². The van der Waals surface area contributed by atoms with Crippen molar-refractivity contribution in [3.8, 4) is 0 Å². The summed E-state index contributed by atoms with van der Waals surface area (Å²) in [5.74, 6) is -0.462. The molecule has 0 aliphatic rings. The first-order valence-corrected chi connectivity index (χ1v) is 5.34. The molecule has 0 saturated heterocycles. The Balaban J connectivity index is 2.61. The zero-order valence-corrected chi connectivity index (χ0v) is 8.00. The molecule has 0 spiro atoms. The van der Waals surface area contributed by atoms with Crippen molar-refractivity contribution in [2.75, 3.05) is 11.2 Å². The van der Waals surface area contributed by atoms with Gasteiger partial charge < -0.3 is 5.32 Å². The van der Waals surface area contributed by atoms with Crippen molar-refractivity contribution in [2.45, 2.75) is 6.92 Å². The third-order valence-electron chi connectivity index (χ3n) is 1.51. The zero-order chi connectivity index (χ0) is 9.90. The molecule has 5 heteroatoms. The molecule has 4 nitrogen and oxygen atoms in total. The second kappa shape index (κ2) is 3.76. The van der Waals surface area contributed by atoms with Gasteiger partial charge in [0, 0.05) is 5.69 Å². The van der Waals surface area contributed by atoms with Crippen molar-refractivity contribution >= 4 is 15.8 Å². The van der Waals surface area contributed by atoms with Crippen molar-refractivity contribution in [3.05, 3.63) is 29.8 Å². The lowest BCUT2D eigenvalue weighted by molar-refractivity contribution is 0.485. The van der Waals surface area contributed by atoms with Crippen LogP contribution in [0.3, 0.4) is 0 Å². The van der Waals surface area contributed by atoms with Gasteiger partial charge >= 0.3 is 0 Å². The van der Waals surface area contributed by atoms with Crippen LogP contribution in [0.5, 0.6) is 0 Å². The Bertz CT molecular complexity index is 369. The van der Waals surface area contributed by atoms with Gasteiger partial charge in [0.25, 0.3) is 10.1 Å². The maximum atomic E-state index is 10.4. The van der Waals surface area contributed by atoms with Gasteiger partial charge in [0.15, 0.2) is 0 Å². The summed E-state index contributed by atoms with van der Waals surface area (Å²) in [5, 5.41) is 2.57. The van der Waals surface area contributed by atoms with E-state index in [1.165, 1.54) is 0 Å². The van der Waals surface area contributed by atoms with E-state index in [0.717, 1.165) is 5.56 Å². The molecular weight excluding hydrogens is 190 g/mol. The number of anilines is 1. The fourth-order valence-electron chi connectivity index (χ4n) is 0.846. The number of nitrogens with one attached hydrogen (secondary N) is 1. The Morgan fingerprint density at radius 2 is 1.85 bits per heavy atom. The summed E-state index contributed by atoms with van der Waals surface area (Å²) in [5.41, 5.74) is 1.76. The lowest BCUT2D eigenvalue weighted by Gasteiger charge is -2.03. The van der Waals surface area contributed by atoms with Crippen molar-refractivity contribution in [3.63, 3.8) is 0 Å². The fourth-order valence-corrected chi connectivity index (χ4v) is 1.20. The summed E-state index contributed by atoms with van der Waals surface area (Å²) < 4.78 is 29.2. The summed E-state index contributed by atoms with van der Waals surface area (Å²) in [6.45, 7) is 1.94. The van der Waals surface area contributed by atoms with Crippen molar-refractivity contribution in [1.29, 1.82) is 0 Å². The van der Waals surface area contributed by atoms with E-state index in [1.54, 1.807) is 12.1 Å². The molecule has 0 aromatic heterocycles. The first kappa shape index (κ1) is 10.0. The molecule has 0 fully saturated rings. The summed E-state index contributed by atoms with van der Waals surface area (Å²) in [6, 6.07) is 7.21. The molecule has 13 heavy (non-hydrogen) atoms. The standard InChI is InChI=1S/C8H11NO3S/c1-7-2-4-8(5-3-7)9-6-13(10,11)12/h2-5,9H,6H2,1H3,(H,10,11,12). The number of benzene rings is 1. The van der Waals surface area contributed by atoms with Gasteiger partial charge in [-0.25, -0.2) is 0 Å². The van der Waals surface area contributed by atoms with Gasteiger partial charge in [0.05, 0.1) is 0 Å². The fraction of sp³-hybridized carbons (Fsp3) is 0.250. The van der Waals surface area contributed by atoms with E-state index in [9.17, 15) is 8.42 Å². The topological polar surface area (TPSA) is 66.4 Å². The molecule has 0 atom stereocenters. The Kier molecular flexibility index (Phi) is 2.90. The molecule has 0 unspecified atom stereocenters. The normalized spacial score (nSPS) is 11.2. The van der Waals surface area contributed by atoms with Crippen LogP contribution in [0.4, 0.5) is 5.69 Å². The molecule has 0 bridgehead atoms. The predicted molar refractivity (Wildman–Crippen MR) is 51.2 cm³/mol. The number of hydrogen-bond donors (Lipinski definition) is 2. The molecular formula is C8H11NO3S. The van der Waals surface area contributed by atoms with E-state index in [4.69, 9.17) is 4.55 Å². The number of hydrogen-bond acceptors (Lipinski definition) is 3. The highest BCUT2D eigenvalue weighted by Gasteiger charge is 2.02. The van der Waals surface area contributed by atoms with E-state index < -0.39 is 16.0 Å². The molecule has 72 valence electrons. The Morgan fingerprint density at radius 1 is 1.31 bits per heavy atom. The molecule has 0 amide bonds. The third kappa shape index (κ3) is 3.91. The monoisotopic (exact) mass is 201 g/mol. The van der Waals surface area contributed by atoms with Crippen LogP contribution in [0.1, 0.15) is 5.56 Å².